The lowest BCUT2D eigenvalue weighted by Crippen LogP contribution is -2.38. The Bertz CT molecular complexity index is 898. The van der Waals surface area contributed by atoms with Crippen LogP contribution in [-0.2, 0) is 9.84 Å². The highest BCUT2D eigenvalue weighted by atomic mass is 32.2. The number of anilines is 2. The van der Waals surface area contributed by atoms with Crippen molar-refractivity contribution in [1.29, 1.82) is 0 Å². The quantitative estimate of drug-likeness (QED) is 0.894. The van der Waals surface area contributed by atoms with Crippen LogP contribution < -0.4 is 5.32 Å². The largest absolute Gasteiger partial charge is 0.340 e. The first-order valence-corrected chi connectivity index (χ1v) is 9.80. The molecule has 1 aliphatic rings. The number of hydrogen-bond acceptors (Lipinski definition) is 6. The van der Waals surface area contributed by atoms with E-state index in [4.69, 9.17) is 0 Å². The van der Waals surface area contributed by atoms with E-state index in [1.54, 1.807) is 13.1 Å². The summed E-state index contributed by atoms with van der Waals surface area (Å²) in [6.45, 7) is 1.98. The number of sulfone groups is 1. The van der Waals surface area contributed by atoms with Gasteiger partial charge < -0.3 is 10.2 Å². The van der Waals surface area contributed by atoms with Gasteiger partial charge in [0.05, 0.1) is 11.5 Å². The smallest absolute Gasteiger partial charge is 0.272 e. The fourth-order valence-electron chi connectivity index (χ4n) is 2.82. The second-order valence-corrected chi connectivity index (χ2v) is 8.43. The van der Waals surface area contributed by atoms with Crippen molar-refractivity contribution in [2.45, 2.75) is 19.4 Å². The third-order valence-corrected chi connectivity index (χ3v) is 6.12. The number of hydrogen-bond donors (Lipinski definition) is 1. The SMILES string of the molecule is Cc1ccccc1Nc1cc(C(=O)N(C)C2CCS(=O)(=O)C2)ncn1. The molecule has 1 unspecified atom stereocenters. The summed E-state index contributed by atoms with van der Waals surface area (Å²) in [4.78, 5) is 22.3. The van der Waals surface area contributed by atoms with Gasteiger partial charge in [0, 0.05) is 24.8 Å². The second-order valence-electron chi connectivity index (χ2n) is 6.20. The number of rotatable bonds is 4. The van der Waals surface area contributed by atoms with Gasteiger partial charge in [0.2, 0.25) is 0 Å². The highest BCUT2D eigenvalue weighted by Gasteiger charge is 2.33. The molecule has 1 fully saturated rings. The third-order valence-electron chi connectivity index (χ3n) is 4.37. The van der Waals surface area contributed by atoms with Gasteiger partial charge >= 0.3 is 0 Å². The monoisotopic (exact) mass is 360 g/mol. The number of carbonyl (C=O) groups is 1. The van der Waals surface area contributed by atoms with E-state index in [1.165, 1.54) is 11.2 Å². The number of aromatic nitrogens is 2. The molecule has 25 heavy (non-hydrogen) atoms. The first-order valence-electron chi connectivity index (χ1n) is 7.98. The van der Waals surface area contributed by atoms with Crippen LogP contribution in [0.3, 0.4) is 0 Å². The van der Waals surface area contributed by atoms with E-state index in [1.807, 2.05) is 31.2 Å². The standard InChI is InChI=1S/C17H20N4O3S/c1-12-5-3-4-6-14(12)20-16-9-15(18-11-19-16)17(22)21(2)13-7-8-25(23,24)10-13/h3-6,9,11,13H,7-8,10H2,1-2H3,(H,18,19,20). The molecule has 3 rings (SSSR count). The predicted octanol–water partition coefficient (Wildman–Crippen LogP) is 1.79. The molecular weight excluding hydrogens is 340 g/mol. The Morgan fingerprint density at radius 2 is 2.04 bits per heavy atom. The Hall–Kier alpha value is -2.48. The summed E-state index contributed by atoms with van der Waals surface area (Å²) in [6.07, 6.45) is 1.79. The van der Waals surface area contributed by atoms with Gasteiger partial charge in [0.25, 0.3) is 5.91 Å². The third kappa shape index (κ3) is 3.96. The van der Waals surface area contributed by atoms with Crippen LogP contribution in [-0.4, -0.2) is 53.8 Å². The molecule has 0 radical (unpaired) electrons. The Morgan fingerprint density at radius 1 is 1.28 bits per heavy atom. The molecule has 0 aliphatic carbocycles. The van der Waals surface area contributed by atoms with Crippen molar-refractivity contribution >= 4 is 27.2 Å². The van der Waals surface area contributed by atoms with Crippen molar-refractivity contribution in [2.24, 2.45) is 0 Å². The molecule has 1 aliphatic heterocycles. The van der Waals surface area contributed by atoms with Crippen LogP contribution in [0.1, 0.15) is 22.5 Å². The van der Waals surface area contributed by atoms with Gasteiger partial charge in [-0.3, -0.25) is 4.79 Å². The van der Waals surface area contributed by atoms with Crippen LogP contribution in [0.4, 0.5) is 11.5 Å². The maximum absolute atomic E-state index is 12.6. The first kappa shape index (κ1) is 17.3. The Morgan fingerprint density at radius 3 is 2.72 bits per heavy atom. The number of para-hydroxylation sites is 1. The number of benzene rings is 1. The number of aryl methyl sites for hydroxylation is 1. The van der Waals surface area contributed by atoms with Gasteiger partial charge in [-0.25, -0.2) is 18.4 Å². The zero-order valence-electron chi connectivity index (χ0n) is 14.1. The number of nitrogens with one attached hydrogen (secondary N) is 1. The van der Waals surface area contributed by atoms with E-state index < -0.39 is 9.84 Å². The van der Waals surface area contributed by atoms with Crippen LogP contribution >= 0.6 is 0 Å². The van der Waals surface area contributed by atoms with Crippen molar-refractivity contribution in [2.75, 3.05) is 23.9 Å². The normalized spacial score (nSPS) is 18.7. The molecule has 8 heteroatoms. The summed E-state index contributed by atoms with van der Waals surface area (Å²) in [5.74, 6) is 0.339. The van der Waals surface area contributed by atoms with E-state index in [9.17, 15) is 13.2 Å². The summed E-state index contributed by atoms with van der Waals surface area (Å²) in [5.41, 5.74) is 2.19. The average molecular weight is 360 g/mol. The first-order chi connectivity index (χ1) is 11.9. The molecule has 0 bridgehead atoms. The average Bonchev–Trinajstić information content (AvgIpc) is 2.96. The van der Waals surface area contributed by atoms with Gasteiger partial charge in [-0.1, -0.05) is 18.2 Å². The molecule has 7 nitrogen and oxygen atoms in total. The lowest BCUT2D eigenvalue weighted by Gasteiger charge is -2.23. The van der Waals surface area contributed by atoms with Gasteiger partial charge in [-0.15, -0.1) is 0 Å². The fraction of sp³-hybridized carbons (Fsp3) is 0.353. The molecule has 1 N–H and O–H groups in total. The summed E-state index contributed by atoms with van der Waals surface area (Å²) in [7, 11) is -1.43. The van der Waals surface area contributed by atoms with Crippen LogP contribution in [0, 0.1) is 6.92 Å². The van der Waals surface area contributed by atoms with Gasteiger partial charge in [0.15, 0.2) is 9.84 Å². The maximum Gasteiger partial charge on any atom is 0.272 e. The molecule has 1 atom stereocenters. The molecule has 1 amide bonds. The molecular formula is C17H20N4O3S. The molecule has 0 spiro atoms. The van der Waals surface area contributed by atoms with E-state index in [0.717, 1.165) is 11.3 Å². The highest BCUT2D eigenvalue weighted by Crippen LogP contribution is 2.21. The molecule has 2 heterocycles. The highest BCUT2D eigenvalue weighted by molar-refractivity contribution is 7.91. The molecule has 0 saturated carbocycles. The van der Waals surface area contributed by atoms with E-state index in [2.05, 4.69) is 15.3 Å². The summed E-state index contributed by atoms with van der Waals surface area (Å²) < 4.78 is 23.2. The molecule has 132 valence electrons. The zero-order chi connectivity index (χ0) is 18.0. The summed E-state index contributed by atoms with van der Waals surface area (Å²) in [5, 5.41) is 3.17. The molecule has 1 saturated heterocycles. The Balaban J connectivity index is 1.77. The lowest BCUT2D eigenvalue weighted by atomic mass is 10.2. The fourth-order valence-corrected chi connectivity index (χ4v) is 4.60. The minimum atomic E-state index is -3.05. The van der Waals surface area contributed by atoms with Gasteiger partial charge in [0.1, 0.15) is 17.8 Å². The van der Waals surface area contributed by atoms with Gasteiger partial charge in [-0.2, -0.15) is 0 Å². The maximum atomic E-state index is 12.6. The van der Waals surface area contributed by atoms with Crippen LogP contribution in [0.5, 0.6) is 0 Å². The van der Waals surface area contributed by atoms with Crippen molar-refractivity contribution in [3.8, 4) is 0 Å². The van der Waals surface area contributed by atoms with E-state index in [0.29, 0.717) is 12.2 Å². The summed E-state index contributed by atoms with van der Waals surface area (Å²) >= 11 is 0. The van der Waals surface area contributed by atoms with Crippen molar-refractivity contribution in [3.63, 3.8) is 0 Å². The number of amides is 1. The lowest BCUT2D eigenvalue weighted by molar-refractivity contribution is 0.0741. The predicted molar refractivity (Wildman–Crippen MR) is 95.6 cm³/mol. The number of carbonyl (C=O) groups excluding carboxylic acids is 1. The van der Waals surface area contributed by atoms with E-state index in [-0.39, 0.29) is 29.1 Å². The van der Waals surface area contributed by atoms with Crippen LogP contribution in [0.15, 0.2) is 36.7 Å². The van der Waals surface area contributed by atoms with Crippen molar-refractivity contribution in [1.82, 2.24) is 14.9 Å². The number of nitrogens with zero attached hydrogens (tertiary/aromatic N) is 3. The minimum absolute atomic E-state index is 0.00857. The molecule has 1 aromatic carbocycles. The van der Waals surface area contributed by atoms with Crippen molar-refractivity contribution < 1.29 is 13.2 Å². The van der Waals surface area contributed by atoms with Crippen LogP contribution in [0.2, 0.25) is 0 Å². The molecule has 2 aromatic rings. The van der Waals surface area contributed by atoms with Crippen molar-refractivity contribution in [3.05, 3.63) is 47.9 Å². The topological polar surface area (TPSA) is 92.3 Å². The summed E-state index contributed by atoms with van der Waals surface area (Å²) in [6, 6.07) is 9.03. The van der Waals surface area contributed by atoms with E-state index >= 15 is 0 Å². The second kappa shape index (κ2) is 6.79. The molecule has 1 aromatic heterocycles. The Kier molecular flexibility index (Phi) is 4.71. The van der Waals surface area contributed by atoms with Crippen LogP contribution in [0.25, 0.3) is 0 Å². The minimum Gasteiger partial charge on any atom is -0.340 e. The zero-order valence-corrected chi connectivity index (χ0v) is 15.0. The Labute approximate surface area is 147 Å². The van der Waals surface area contributed by atoms with Gasteiger partial charge in [-0.05, 0) is 25.0 Å².